The largest absolute Gasteiger partial charge is 0.395 e. The molecule has 1 unspecified atom stereocenters. The summed E-state index contributed by atoms with van der Waals surface area (Å²) in [6.07, 6.45) is 0. The van der Waals surface area contributed by atoms with Crippen LogP contribution in [0.3, 0.4) is 0 Å². The Morgan fingerprint density at radius 1 is 1.36 bits per heavy atom. The van der Waals surface area contributed by atoms with Crippen molar-refractivity contribution >= 4 is 9.84 Å². The van der Waals surface area contributed by atoms with Crippen molar-refractivity contribution in [1.29, 1.82) is 0 Å². The number of rotatable bonds is 7. The molecule has 0 bridgehead atoms. The number of hydrogen-bond donors (Lipinski definition) is 2. The maximum atomic E-state index is 11.1. The number of nitrogens with one attached hydrogen (secondary N) is 1. The van der Waals surface area contributed by atoms with E-state index in [0.717, 1.165) is 0 Å². The first kappa shape index (κ1) is 13.9. The van der Waals surface area contributed by atoms with Gasteiger partial charge >= 0.3 is 0 Å². The molecule has 0 saturated heterocycles. The lowest BCUT2D eigenvalue weighted by Gasteiger charge is -2.19. The summed E-state index contributed by atoms with van der Waals surface area (Å²) in [6, 6.07) is -0.0120. The second-order valence-electron chi connectivity index (χ2n) is 3.72. The maximum absolute atomic E-state index is 11.1. The molecule has 86 valence electrons. The number of aliphatic hydroxyl groups excluding tert-OH is 1. The Morgan fingerprint density at radius 3 is 2.29 bits per heavy atom. The third kappa shape index (κ3) is 5.57. The second kappa shape index (κ2) is 6.37. The topological polar surface area (TPSA) is 66.4 Å². The molecule has 5 heteroatoms. The van der Waals surface area contributed by atoms with Crippen LogP contribution in [0.25, 0.3) is 0 Å². The monoisotopic (exact) mass is 223 g/mol. The Bertz CT molecular complexity index is 236. The quantitative estimate of drug-likeness (QED) is 0.639. The zero-order valence-electron chi connectivity index (χ0n) is 9.16. The van der Waals surface area contributed by atoms with Crippen LogP contribution in [0.2, 0.25) is 0 Å². The fraction of sp³-hybridized carbons (Fsp3) is 1.00. The van der Waals surface area contributed by atoms with Crippen molar-refractivity contribution in [1.82, 2.24) is 5.32 Å². The zero-order valence-corrected chi connectivity index (χ0v) is 9.97. The minimum atomic E-state index is -2.89. The van der Waals surface area contributed by atoms with Crippen LogP contribution in [0.5, 0.6) is 0 Å². The first-order valence-corrected chi connectivity index (χ1v) is 6.79. The van der Waals surface area contributed by atoms with E-state index in [2.05, 4.69) is 5.32 Å². The van der Waals surface area contributed by atoms with Gasteiger partial charge in [-0.15, -0.1) is 0 Å². The summed E-state index contributed by atoms with van der Waals surface area (Å²) < 4.78 is 22.3. The molecule has 0 aromatic heterocycles. The Morgan fingerprint density at radius 2 is 1.93 bits per heavy atom. The predicted molar refractivity (Wildman–Crippen MR) is 58.0 cm³/mol. The molecule has 0 aliphatic carbocycles. The van der Waals surface area contributed by atoms with E-state index in [-0.39, 0.29) is 24.2 Å². The molecule has 0 heterocycles. The van der Waals surface area contributed by atoms with Gasteiger partial charge in [-0.1, -0.05) is 20.8 Å². The van der Waals surface area contributed by atoms with E-state index in [4.69, 9.17) is 5.11 Å². The van der Waals surface area contributed by atoms with Crippen LogP contribution in [0.15, 0.2) is 0 Å². The van der Waals surface area contributed by atoms with Crippen molar-refractivity contribution in [3.63, 3.8) is 0 Å². The van der Waals surface area contributed by atoms with Crippen LogP contribution in [0, 0.1) is 5.92 Å². The summed E-state index contributed by atoms with van der Waals surface area (Å²) in [4.78, 5) is 0. The van der Waals surface area contributed by atoms with Crippen molar-refractivity contribution in [3.05, 3.63) is 0 Å². The molecule has 1 atom stereocenters. The maximum Gasteiger partial charge on any atom is 0.151 e. The standard InChI is InChI=1S/C9H21NO3S/c1-4-14(12,13)6-5-10-9(7-11)8(2)3/h8-11H,4-7H2,1-3H3. The van der Waals surface area contributed by atoms with Crippen molar-refractivity contribution in [2.45, 2.75) is 26.8 Å². The van der Waals surface area contributed by atoms with Crippen LogP contribution >= 0.6 is 0 Å². The molecule has 0 fully saturated rings. The van der Waals surface area contributed by atoms with Crippen LogP contribution < -0.4 is 5.32 Å². The molecule has 0 spiro atoms. The third-order valence-corrected chi connectivity index (χ3v) is 3.97. The molecule has 0 aromatic rings. The first-order chi connectivity index (χ1) is 6.43. The highest BCUT2D eigenvalue weighted by Gasteiger charge is 2.13. The van der Waals surface area contributed by atoms with E-state index in [9.17, 15) is 8.42 Å². The Hall–Kier alpha value is -0.130. The van der Waals surface area contributed by atoms with Gasteiger partial charge in [-0.3, -0.25) is 0 Å². The molecular formula is C9H21NO3S. The molecule has 0 amide bonds. The lowest BCUT2D eigenvalue weighted by molar-refractivity contribution is 0.213. The van der Waals surface area contributed by atoms with Gasteiger partial charge in [0, 0.05) is 18.3 Å². The summed E-state index contributed by atoms with van der Waals surface area (Å²) >= 11 is 0. The zero-order chi connectivity index (χ0) is 11.2. The van der Waals surface area contributed by atoms with E-state index >= 15 is 0 Å². The molecule has 0 aliphatic heterocycles. The molecule has 0 rings (SSSR count). The van der Waals surface area contributed by atoms with Gasteiger partial charge in [0.15, 0.2) is 9.84 Å². The Kier molecular flexibility index (Phi) is 6.31. The van der Waals surface area contributed by atoms with E-state index in [0.29, 0.717) is 12.5 Å². The predicted octanol–water partition coefficient (Wildman–Crippen LogP) is 0.0276. The van der Waals surface area contributed by atoms with Crippen LogP contribution in [0.4, 0.5) is 0 Å². The molecule has 14 heavy (non-hydrogen) atoms. The highest BCUT2D eigenvalue weighted by Crippen LogP contribution is 1.99. The van der Waals surface area contributed by atoms with Crippen molar-refractivity contribution in [2.75, 3.05) is 24.7 Å². The van der Waals surface area contributed by atoms with Gasteiger partial charge in [0.05, 0.1) is 12.4 Å². The van der Waals surface area contributed by atoms with Crippen molar-refractivity contribution < 1.29 is 13.5 Å². The van der Waals surface area contributed by atoms with Gasteiger partial charge in [0.2, 0.25) is 0 Å². The molecule has 0 aliphatic rings. The highest BCUT2D eigenvalue weighted by atomic mass is 32.2. The molecule has 0 saturated carbocycles. The van der Waals surface area contributed by atoms with Gasteiger partial charge in [-0.2, -0.15) is 0 Å². The van der Waals surface area contributed by atoms with E-state index in [1.54, 1.807) is 6.92 Å². The van der Waals surface area contributed by atoms with Gasteiger partial charge in [0.25, 0.3) is 0 Å². The van der Waals surface area contributed by atoms with Gasteiger partial charge in [-0.25, -0.2) is 8.42 Å². The fourth-order valence-electron chi connectivity index (χ4n) is 1.06. The fourth-order valence-corrected chi connectivity index (χ4v) is 1.77. The SMILES string of the molecule is CCS(=O)(=O)CCNC(CO)C(C)C. The molecule has 2 N–H and O–H groups in total. The number of sulfone groups is 1. The van der Waals surface area contributed by atoms with Crippen LogP contribution in [-0.2, 0) is 9.84 Å². The average Bonchev–Trinajstić information content (AvgIpc) is 2.12. The summed E-state index contributed by atoms with van der Waals surface area (Å²) in [7, 11) is -2.89. The van der Waals surface area contributed by atoms with E-state index in [1.165, 1.54) is 0 Å². The van der Waals surface area contributed by atoms with Gasteiger partial charge in [0.1, 0.15) is 0 Å². The van der Waals surface area contributed by atoms with E-state index < -0.39 is 9.84 Å². The minimum Gasteiger partial charge on any atom is -0.395 e. The van der Waals surface area contributed by atoms with Crippen molar-refractivity contribution in [2.24, 2.45) is 5.92 Å². The second-order valence-corrected chi connectivity index (χ2v) is 6.20. The summed E-state index contributed by atoms with van der Waals surface area (Å²) in [6.45, 7) is 6.08. The highest BCUT2D eigenvalue weighted by molar-refractivity contribution is 7.91. The summed E-state index contributed by atoms with van der Waals surface area (Å²) in [5, 5.41) is 12.0. The van der Waals surface area contributed by atoms with Gasteiger partial charge in [-0.05, 0) is 5.92 Å². The van der Waals surface area contributed by atoms with Gasteiger partial charge < -0.3 is 10.4 Å². The lowest BCUT2D eigenvalue weighted by atomic mass is 10.1. The summed E-state index contributed by atoms with van der Waals surface area (Å²) in [5.41, 5.74) is 0. The first-order valence-electron chi connectivity index (χ1n) is 4.97. The minimum absolute atomic E-state index is 0.0120. The molecule has 4 nitrogen and oxygen atoms in total. The van der Waals surface area contributed by atoms with Crippen LogP contribution in [0.1, 0.15) is 20.8 Å². The summed E-state index contributed by atoms with van der Waals surface area (Å²) in [5.74, 6) is 0.636. The molecular weight excluding hydrogens is 202 g/mol. The molecule has 0 radical (unpaired) electrons. The molecule has 0 aromatic carbocycles. The lowest BCUT2D eigenvalue weighted by Crippen LogP contribution is -2.39. The normalized spacial score (nSPS) is 14.6. The average molecular weight is 223 g/mol. The smallest absolute Gasteiger partial charge is 0.151 e. The number of aliphatic hydroxyl groups is 1. The van der Waals surface area contributed by atoms with E-state index in [1.807, 2.05) is 13.8 Å². The Balaban J connectivity index is 3.83. The Labute approximate surface area is 86.6 Å². The third-order valence-electron chi connectivity index (χ3n) is 2.26. The van der Waals surface area contributed by atoms with Crippen LogP contribution in [-0.4, -0.2) is 44.2 Å². The number of hydrogen-bond acceptors (Lipinski definition) is 4. The van der Waals surface area contributed by atoms with Crippen molar-refractivity contribution in [3.8, 4) is 0 Å².